The first-order valence-corrected chi connectivity index (χ1v) is 11.1. The van der Waals surface area contributed by atoms with E-state index >= 15 is 0 Å². The predicted octanol–water partition coefficient (Wildman–Crippen LogP) is 3.17. The van der Waals surface area contributed by atoms with Crippen LogP contribution in [0, 0.1) is 12.7 Å². The highest BCUT2D eigenvalue weighted by molar-refractivity contribution is 6.13. The van der Waals surface area contributed by atoms with Crippen LogP contribution in [0.2, 0.25) is 0 Å². The number of carbonyl (C=O) groups excluding carboxylic acids is 1. The van der Waals surface area contributed by atoms with Crippen LogP contribution >= 0.6 is 0 Å². The average molecular weight is 464 g/mol. The van der Waals surface area contributed by atoms with Gasteiger partial charge in [0.2, 0.25) is 0 Å². The Kier molecular flexibility index (Phi) is 5.52. The molecule has 34 heavy (non-hydrogen) atoms. The lowest BCUT2D eigenvalue weighted by molar-refractivity contribution is 0.102. The molecule has 3 aromatic heterocycles. The minimum atomic E-state index is -0.517. The van der Waals surface area contributed by atoms with Gasteiger partial charge in [0.15, 0.2) is 11.5 Å². The van der Waals surface area contributed by atoms with E-state index < -0.39 is 11.7 Å². The Bertz CT molecular complexity index is 1390. The first-order chi connectivity index (χ1) is 16.3. The number of piperazine rings is 1. The van der Waals surface area contributed by atoms with Crippen LogP contribution in [0.3, 0.4) is 0 Å². The van der Waals surface area contributed by atoms with Crippen molar-refractivity contribution in [2.24, 2.45) is 0 Å². The van der Waals surface area contributed by atoms with Gasteiger partial charge >= 0.3 is 6.01 Å². The number of methoxy groups -OCH3 is 1. The second-order valence-electron chi connectivity index (χ2n) is 8.77. The molecule has 1 amide bonds. The number of fused-ring (bicyclic) bond motifs is 2. The molecular weight excluding hydrogens is 437 g/mol. The number of aryl methyl sites for hydroxylation is 1. The van der Waals surface area contributed by atoms with Crippen molar-refractivity contribution in [3.05, 3.63) is 53.9 Å². The monoisotopic (exact) mass is 463 g/mol. The lowest BCUT2D eigenvalue weighted by atomic mass is 10.0. The van der Waals surface area contributed by atoms with E-state index in [2.05, 4.69) is 44.3 Å². The normalized spacial score (nSPS) is 18.4. The minimum absolute atomic E-state index is 0.169. The van der Waals surface area contributed by atoms with Crippen molar-refractivity contribution in [3.8, 4) is 6.01 Å². The summed E-state index contributed by atoms with van der Waals surface area (Å²) in [5.41, 5.74) is 2.98. The smallest absolute Gasteiger partial charge is 0.316 e. The zero-order valence-electron chi connectivity index (χ0n) is 19.5. The van der Waals surface area contributed by atoms with Crippen LogP contribution in [-0.4, -0.2) is 57.5 Å². The zero-order valence-corrected chi connectivity index (χ0v) is 19.5. The number of nitrogens with zero attached hydrogens (tertiary/aromatic N) is 5. The second-order valence-corrected chi connectivity index (χ2v) is 8.77. The van der Waals surface area contributed by atoms with Crippen LogP contribution < -0.4 is 20.3 Å². The van der Waals surface area contributed by atoms with Gasteiger partial charge in [-0.25, -0.2) is 14.4 Å². The Morgan fingerprint density at radius 1 is 1.21 bits per heavy atom. The number of rotatable bonds is 4. The largest absolute Gasteiger partial charge is 0.467 e. The lowest BCUT2D eigenvalue weighted by Gasteiger charge is -2.38. The molecule has 10 heteroatoms. The summed E-state index contributed by atoms with van der Waals surface area (Å²) in [4.78, 5) is 28.5. The van der Waals surface area contributed by atoms with Gasteiger partial charge in [0, 0.05) is 60.9 Å². The third-order valence-corrected chi connectivity index (χ3v) is 5.92. The number of ether oxygens (including phenoxy) is 1. The van der Waals surface area contributed by atoms with Gasteiger partial charge in [0.25, 0.3) is 5.91 Å². The molecule has 1 aliphatic rings. The molecule has 1 fully saturated rings. The van der Waals surface area contributed by atoms with E-state index in [1.807, 2.05) is 6.07 Å². The van der Waals surface area contributed by atoms with Crippen LogP contribution in [0.5, 0.6) is 6.01 Å². The number of imidazole rings is 1. The standard InChI is InChI=1S/C24H26FN7O2/c1-13-9-31(10-14(2)27-13)20-6-5-17(21-18(20)8-26-24(30-21)34-4)23(33)29-16-7-19(25)22-28-15(3)11-32(22)12-16/h5-8,11-14,27H,9-10H2,1-4H3,(H,29,33). The summed E-state index contributed by atoms with van der Waals surface area (Å²) < 4.78 is 21.3. The van der Waals surface area contributed by atoms with Crippen molar-refractivity contribution in [3.63, 3.8) is 0 Å². The van der Waals surface area contributed by atoms with Crippen LogP contribution in [0.4, 0.5) is 15.8 Å². The van der Waals surface area contributed by atoms with E-state index in [0.717, 1.165) is 24.2 Å². The van der Waals surface area contributed by atoms with Gasteiger partial charge in [0.05, 0.1) is 29.6 Å². The average Bonchev–Trinajstić information content (AvgIpc) is 3.18. The Morgan fingerprint density at radius 3 is 2.71 bits per heavy atom. The Labute approximate surface area is 196 Å². The topological polar surface area (TPSA) is 96.7 Å². The molecule has 2 N–H and O–H groups in total. The molecule has 2 atom stereocenters. The number of amides is 1. The summed E-state index contributed by atoms with van der Waals surface area (Å²) >= 11 is 0. The summed E-state index contributed by atoms with van der Waals surface area (Å²) in [6.07, 6.45) is 5.02. The Hall–Kier alpha value is -3.79. The predicted molar refractivity (Wildman–Crippen MR) is 128 cm³/mol. The van der Waals surface area contributed by atoms with Gasteiger partial charge in [-0.2, -0.15) is 4.98 Å². The van der Waals surface area contributed by atoms with Crippen molar-refractivity contribution >= 4 is 33.8 Å². The Balaban J connectivity index is 1.54. The first kappa shape index (κ1) is 22.0. The fraction of sp³-hybridized carbons (Fsp3) is 0.333. The third-order valence-electron chi connectivity index (χ3n) is 5.92. The molecule has 0 aliphatic carbocycles. The van der Waals surface area contributed by atoms with E-state index in [1.54, 1.807) is 36.0 Å². The van der Waals surface area contributed by atoms with Gasteiger partial charge in [0.1, 0.15) is 0 Å². The van der Waals surface area contributed by atoms with Gasteiger partial charge in [-0.15, -0.1) is 0 Å². The first-order valence-electron chi connectivity index (χ1n) is 11.1. The van der Waals surface area contributed by atoms with Crippen molar-refractivity contribution in [2.45, 2.75) is 32.9 Å². The maximum absolute atomic E-state index is 14.5. The number of pyridine rings is 1. The second kappa shape index (κ2) is 8.53. The SMILES string of the molecule is COc1ncc2c(N3CC(C)NC(C)C3)ccc(C(=O)Nc3cc(F)c4nc(C)cn4c3)c2n1. The molecule has 9 nitrogen and oxygen atoms in total. The summed E-state index contributed by atoms with van der Waals surface area (Å²) in [5, 5.41) is 7.07. The van der Waals surface area contributed by atoms with E-state index in [4.69, 9.17) is 4.74 Å². The van der Waals surface area contributed by atoms with E-state index in [1.165, 1.54) is 13.2 Å². The molecule has 1 saturated heterocycles. The number of hydrogen-bond donors (Lipinski definition) is 2. The number of benzene rings is 1. The molecule has 4 heterocycles. The number of carbonyl (C=O) groups is 1. The molecule has 176 valence electrons. The van der Waals surface area contributed by atoms with Gasteiger partial charge in [-0.05, 0) is 32.9 Å². The maximum Gasteiger partial charge on any atom is 0.316 e. The van der Waals surface area contributed by atoms with Crippen LogP contribution in [0.1, 0.15) is 29.9 Å². The summed E-state index contributed by atoms with van der Waals surface area (Å²) in [7, 11) is 1.48. The number of anilines is 2. The lowest BCUT2D eigenvalue weighted by Crippen LogP contribution is -2.54. The van der Waals surface area contributed by atoms with Crippen LogP contribution in [-0.2, 0) is 0 Å². The molecule has 4 aromatic rings. The van der Waals surface area contributed by atoms with E-state index in [-0.39, 0.29) is 11.7 Å². The highest BCUT2D eigenvalue weighted by Gasteiger charge is 2.25. The molecular formula is C24H26FN7O2. The van der Waals surface area contributed by atoms with Crippen molar-refractivity contribution in [2.75, 3.05) is 30.4 Å². The third kappa shape index (κ3) is 4.01. The Morgan fingerprint density at radius 2 is 1.97 bits per heavy atom. The van der Waals surface area contributed by atoms with Crippen molar-refractivity contribution in [1.29, 1.82) is 0 Å². The van der Waals surface area contributed by atoms with Crippen LogP contribution in [0.25, 0.3) is 16.6 Å². The fourth-order valence-electron chi connectivity index (χ4n) is 4.62. The summed E-state index contributed by atoms with van der Waals surface area (Å²) in [6.45, 7) is 7.71. The van der Waals surface area contributed by atoms with Crippen molar-refractivity contribution in [1.82, 2.24) is 24.7 Å². The summed E-state index contributed by atoms with van der Waals surface area (Å²) in [6, 6.07) is 5.72. The van der Waals surface area contributed by atoms with Crippen molar-refractivity contribution < 1.29 is 13.9 Å². The van der Waals surface area contributed by atoms with E-state index in [9.17, 15) is 9.18 Å². The van der Waals surface area contributed by atoms with Gasteiger partial charge < -0.3 is 24.7 Å². The highest BCUT2D eigenvalue weighted by atomic mass is 19.1. The molecule has 0 bridgehead atoms. The van der Waals surface area contributed by atoms with Gasteiger partial charge in [-0.1, -0.05) is 0 Å². The maximum atomic E-state index is 14.5. The minimum Gasteiger partial charge on any atom is -0.467 e. The number of hydrogen-bond acceptors (Lipinski definition) is 7. The molecule has 0 radical (unpaired) electrons. The summed E-state index contributed by atoms with van der Waals surface area (Å²) in [5.74, 6) is -0.924. The highest BCUT2D eigenvalue weighted by Crippen LogP contribution is 2.31. The molecule has 0 saturated carbocycles. The number of aromatic nitrogens is 4. The number of halogens is 1. The van der Waals surface area contributed by atoms with E-state index in [0.29, 0.717) is 34.5 Å². The fourth-order valence-corrected chi connectivity index (χ4v) is 4.62. The quantitative estimate of drug-likeness (QED) is 0.480. The zero-order chi connectivity index (χ0) is 24.0. The van der Waals surface area contributed by atoms with Crippen LogP contribution in [0.15, 0.2) is 36.8 Å². The number of nitrogens with one attached hydrogen (secondary N) is 2. The van der Waals surface area contributed by atoms with Gasteiger partial charge in [-0.3, -0.25) is 4.79 Å². The molecule has 0 spiro atoms. The molecule has 5 rings (SSSR count). The molecule has 2 unspecified atom stereocenters. The molecule has 1 aliphatic heterocycles. The molecule has 1 aromatic carbocycles.